The molecule has 0 bridgehead atoms. The van der Waals surface area contributed by atoms with Gasteiger partial charge in [-0.15, -0.1) is 0 Å². The third-order valence-corrected chi connectivity index (χ3v) is 4.33. The van der Waals surface area contributed by atoms with E-state index in [2.05, 4.69) is 83.9 Å². The second-order valence-electron chi connectivity index (χ2n) is 5.83. The Hall–Kier alpha value is -2.58. The zero-order valence-corrected chi connectivity index (χ0v) is 12.9. The van der Waals surface area contributed by atoms with Gasteiger partial charge in [0, 0.05) is 6.42 Å². The first-order chi connectivity index (χ1) is 11.4. The molecule has 0 N–H and O–H groups in total. The Labute approximate surface area is 136 Å². The SMILES string of the molecule is c1ccc([C@@H]2C[C@H](c3ccccc3)N(c3ccccc3)O2)cc1. The summed E-state index contributed by atoms with van der Waals surface area (Å²) in [7, 11) is 0. The molecular formula is C21H19NO. The number of nitrogens with zero attached hydrogens (tertiary/aromatic N) is 1. The molecule has 2 nitrogen and oxygen atoms in total. The Bertz CT molecular complexity index is 695. The Morgan fingerprint density at radius 1 is 0.652 bits per heavy atom. The fourth-order valence-corrected chi connectivity index (χ4v) is 3.18. The average molecular weight is 301 g/mol. The first-order valence-electron chi connectivity index (χ1n) is 8.03. The molecule has 1 heterocycles. The molecule has 0 unspecified atom stereocenters. The van der Waals surface area contributed by atoms with E-state index in [4.69, 9.17) is 4.84 Å². The summed E-state index contributed by atoms with van der Waals surface area (Å²) in [6.07, 6.45) is 1.03. The van der Waals surface area contributed by atoms with Crippen molar-refractivity contribution in [3.05, 3.63) is 102 Å². The van der Waals surface area contributed by atoms with E-state index in [0.717, 1.165) is 12.1 Å². The molecule has 2 atom stereocenters. The zero-order chi connectivity index (χ0) is 15.5. The lowest BCUT2D eigenvalue weighted by atomic mass is 9.98. The minimum atomic E-state index is 0.0848. The average Bonchev–Trinajstić information content (AvgIpc) is 3.09. The lowest BCUT2D eigenvalue weighted by Gasteiger charge is -2.25. The van der Waals surface area contributed by atoms with Gasteiger partial charge in [-0.1, -0.05) is 78.9 Å². The molecule has 1 fully saturated rings. The maximum atomic E-state index is 6.33. The maximum Gasteiger partial charge on any atom is 0.113 e. The number of rotatable bonds is 3. The molecule has 1 saturated heterocycles. The molecule has 1 aliphatic heterocycles. The van der Waals surface area contributed by atoms with Crippen molar-refractivity contribution in [3.8, 4) is 0 Å². The molecule has 2 heteroatoms. The van der Waals surface area contributed by atoms with Crippen molar-refractivity contribution < 1.29 is 4.84 Å². The minimum Gasteiger partial charge on any atom is -0.265 e. The zero-order valence-electron chi connectivity index (χ0n) is 12.9. The third kappa shape index (κ3) is 2.86. The molecule has 0 saturated carbocycles. The first-order valence-corrected chi connectivity index (χ1v) is 8.03. The molecule has 0 radical (unpaired) electrons. The van der Waals surface area contributed by atoms with Gasteiger partial charge in [-0.05, 0) is 23.3 Å². The van der Waals surface area contributed by atoms with Crippen LogP contribution < -0.4 is 5.06 Å². The standard InChI is InChI=1S/C21H19NO/c1-4-10-17(11-5-1)20-16-21(18-12-6-2-7-13-18)23-22(20)19-14-8-3-9-15-19/h1-15,20-21H,16H2/t20-,21+/m1/s1. The summed E-state index contributed by atoms with van der Waals surface area (Å²) in [5, 5.41) is 2.06. The highest BCUT2D eigenvalue weighted by Crippen LogP contribution is 2.43. The van der Waals surface area contributed by atoms with Crippen LogP contribution in [0.5, 0.6) is 0 Å². The van der Waals surface area contributed by atoms with Crippen molar-refractivity contribution in [2.75, 3.05) is 5.06 Å². The summed E-state index contributed by atoms with van der Waals surface area (Å²) in [6.45, 7) is 0. The van der Waals surface area contributed by atoms with Crippen LogP contribution in [0, 0.1) is 0 Å². The molecular weight excluding hydrogens is 282 g/mol. The molecule has 0 aliphatic carbocycles. The molecule has 0 amide bonds. The molecule has 3 aromatic carbocycles. The van der Waals surface area contributed by atoms with Gasteiger partial charge in [0.15, 0.2) is 0 Å². The highest BCUT2D eigenvalue weighted by atomic mass is 16.7. The summed E-state index contributed by atoms with van der Waals surface area (Å²) in [5.74, 6) is 0. The fraction of sp³-hybridized carbons (Fsp3) is 0.143. The van der Waals surface area contributed by atoms with Crippen LogP contribution in [0.15, 0.2) is 91.0 Å². The first kappa shape index (κ1) is 14.0. The van der Waals surface area contributed by atoms with E-state index in [1.807, 2.05) is 12.1 Å². The van der Waals surface area contributed by atoms with Gasteiger partial charge in [-0.3, -0.25) is 4.84 Å². The van der Waals surface area contributed by atoms with Crippen molar-refractivity contribution in [1.29, 1.82) is 0 Å². The van der Waals surface area contributed by atoms with Crippen molar-refractivity contribution in [2.24, 2.45) is 0 Å². The van der Waals surface area contributed by atoms with Crippen molar-refractivity contribution >= 4 is 5.69 Å². The lowest BCUT2D eigenvalue weighted by Crippen LogP contribution is -2.21. The summed E-state index contributed by atoms with van der Waals surface area (Å²) in [5.41, 5.74) is 3.61. The Morgan fingerprint density at radius 2 is 1.17 bits per heavy atom. The maximum absolute atomic E-state index is 6.33. The van der Waals surface area contributed by atoms with E-state index in [0.29, 0.717) is 0 Å². The van der Waals surface area contributed by atoms with Crippen LogP contribution in [0.3, 0.4) is 0 Å². The Kier molecular flexibility index (Phi) is 3.83. The van der Waals surface area contributed by atoms with Crippen LogP contribution in [-0.2, 0) is 4.84 Å². The van der Waals surface area contributed by atoms with E-state index in [9.17, 15) is 0 Å². The molecule has 0 aromatic heterocycles. The van der Waals surface area contributed by atoms with Crippen LogP contribution in [0.25, 0.3) is 0 Å². The van der Waals surface area contributed by atoms with Crippen molar-refractivity contribution in [1.82, 2.24) is 0 Å². The van der Waals surface area contributed by atoms with Gasteiger partial charge < -0.3 is 0 Å². The third-order valence-electron chi connectivity index (χ3n) is 4.33. The lowest BCUT2D eigenvalue weighted by molar-refractivity contribution is 0.0836. The fourth-order valence-electron chi connectivity index (χ4n) is 3.18. The highest BCUT2D eigenvalue weighted by molar-refractivity contribution is 5.47. The van der Waals surface area contributed by atoms with E-state index >= 15 is 0 Å². The predicted molar refractivity (Wildman–Crippen MR) is 93.0 cm³/mol. The molecule has 1 aliphatic rings. The van der Waals surface area contributed by atoms with Gasteiger partial charge >= 0.3 is 0 Å². The van der Waals surface area contributed by atoms with Crippen molar-refractivity contribution in [2.45, 2.75) is 18.6 Å². The second kappa shape index (κ2) is 6.27. The Morgan fingerprint density at radius 3 is 1.78 bits per heavy atom. The summed E-state index contributed by atoms with van der Waals surface area (Å²) in [4.78, 5) is 6.33. The monoisotopic (exact) mass is 301 g/mol. The van der Waals surface area contributed by atoms with Gasteiger partial charge in [0.05, 0.1) is 11.7 Å². The number of hydrogen-bond donors (Lipinski definition) is 0. The van der Waals surface area contributed by atoms with Crippen LogP contribution >= 0.6 is 0 Å². The van der Waals surface area contributed by atoms with Crippen LogP contribution in [0.1, 0.15) is 29.7 Å². The number of para-hydroxylation sites is 1. The van der Waals surface area contributed by atoms with E-state index in [1.165, 1.54) is 11.1 Å². The molecule has 4 rings (SSSR count). The van der Waals surface area contributed by atoms with Crippen LogP contribution in [0.4, 0.5) is 5.69 Å². The van der Waals surface area contributed by atoms with Gasteiger partial charge in [0.25, 0.3) is 0 Å². The molecule has 3 aromatic rings. The van der Waals surface area contributed by atoms with E-state index in [1.54, 1.807) is 0 Å². The summed E-state index contributed by atoms with van der Waals surface area (Å²) in [6, 6.07) is 31.6. The quantitative estimate of drug-likeness (QED) is 0.650. The summed E-state index contributed by atoms with van der Waals surface area (Å²) < 4.78 is 0. The number of benzene rings is 3. The van der Waals surface area contributed by atoms with Gasteiger partial charge in [-0.25, -0.2) is 5.06 Å². The molecule has 23 heavy (non-hydrogen) atoms. The van der Waals surface area contributed by atoms with Gasteiger partial charge in [-0.2, -0.15) is 0 Å². The second-order valence-corrected chi connectivity index (χ2v) is 5.83. The molecule has 0 spiro atoms. The van der Waals surface area contributed by atoms with E-state index in [-0.39, 0.29) is 12.1 Å². The van der Waals surface area contributed by atoms with Crippen molar-refractivity contribution in [3.63, 3.8) is 0 Å². The number of hydrogen-bond acceptors (Lipinski definition) is 2. The topological polar surface area (TPSA) is 12.5 Å². The molecule has 114 valence electrons. The Balaban J connectivity index is 1.70. The van der Waals surface area contributed by atoms with Crippen LogP contribution in [0.2, 0.25) is 0 Å². The number of anilines is 1. The predicted octanol–water partition coefficient (Wildman–Crippen LogP) is 5.31. The van der Waals surface area contributed by atoms with E-state index < -0.39 is 0 Å². The minimum absolute atomic E-state index is 0.0848. The summed E-state index contributed by atoms with van der Waals surface area (Å²) >= 11 is 0. The largest absolute Gasteiger partial charge is 0.265 e. The normalized spacial score (nSPS) is 20.6. The highest BCUT2D eigenvalue weighted by Gasteiger charge is 2.35. The smallest absolute Gasteiger partial charge is 0.113 e. The number of hydroxylamine groups is 1. The van der Waals surface area contributed by atoms with Crippen LogP contribution in [-0.4, -0.2) is 0 Å². The van der Waals surface area contributed by atoms with Gasteiger partial charge in [0.2, 0.25) is 0 Å². The van der Waals surface area contributed by atoms with Gasteiger partial charge in [0.1, 0.15) is 6.10 Å².